The zero-order valence-electron chi connectivity index (χ0n) is 15.4. The van der Waals surface area contributed by atoms with Crippen LogP contribution < -0.4 is 10.6 Å². The molecule has 1 aliphatic heterocycles. The van der Waals surface area contributed by atoms with E-state index in [0.717, 1.165) is 0 Å². The molecule has 1 saturated heterocycles. The molecule has 1 aliphatic rings. The van der Waals surface area contributed by atoms with E-state index in [2.05, 4.69) is 15.6 Å². The van der Waals surface area contributed by atoms with Crippen LogP contribution in [-0.2, 0) is 9.53 Å². The zero-order valence-corrected chi connectivity index (χ0v) is 15.4. The number of amides is 3. The number of alkyl carbamates (subject to hydrolysis) is 1. The first kappa shape index (κ1) is 19.7. The van der Waals surface area contributed by atoms with Crippen LogP contribution in [0.15, 0.2) is 24.5 Å². The van der Waals surface area contributed by atoms with E-state index in [1.54, 1.807) is 44.0 Å². The monoisotopic (exact) mass is 362 g/mol. The third-order valence-electron chi connectivity index (χ3n) is 3.89. The minimum Gasteiger partial charge on any atom is -0.444 e. The predicted octanol–water partition coefficient (Wildman–Crippen LogP) is 1.33. The molecule has 1 aromatic heterocycles. The fraction of sp³-hybridized carbons (Fsp3) is 0.556. The molecule has 8 heteroatoms. The van der Waals surface area contributed by atoms with Crippen molar-refractivity contribution < 1.29 is 19.1 Å². The topological polar surface area (TPSA) is 101 Å². The van der Waals surface area contributed by atoms with Crippen molar-refractivity contribution in [2.45, 2.75) is 45.3 Å². The summed E-state index contributed by atoms with van der Waals surface area (Å²) < 4.78 is 5.10. The molecule has 1 aromatic rings. The Morgan fingerprint density at radius 1 is 1.27 bits per heavy atom. The SMILES string of the molecule is CC(C)(C)OC(=O)NCC(=O)N1CCC(NC(=O)c2cccnc2)CC1. The highest BCUT2D eigenvalue weighted by molar-refractivity contribution is 5.94. The highest BCUT2D eigenvalue weighted by Crippen LogP contribution is 2.11. The summed E-state index contributed by atoms with van der Waals surface area (Å²) in [5.74, 6) is -0.317. The maximum atomic E-state index is 12.2. The first-order valence-corrected chi connectivity index (χ1v) is 8.70. The average Bonchev–Trinajstić information content (AvgIpc) is 2.59. The Kier molecular flexibility index (Phi) is 6.54. The lowest BCUT2D eigenvalue weighted by atomic mass is 10.0. The van der Waals surface area contributed by atoms with E-state index in [1.807, 2.05) is 0 Å². The van der Waals surface area contributed by atoms with Gasteiger partial charge in [-0.1, -0.05) is 0 Å². The maximum absolute atomic E-state index is 12.2. The lowest BCUT2D eigenvalue weighted by Crippen LogP contribution is -2.49. The van der Waals surface area contributed by atoms with Gasteiger partial charge in [-0.25, -0.2) is 4.79 Å². The number of rotatable bonds is 4. The molecule has 2 N–H and O–H groups in total. The van der Waals surface area contributed by atoms with E-state index in [4.69, 9.17) is 4.74 Å². The normalized spacial score (nSPS) is 15.3. The fourth-order valence-electron chi connectivity index (χ4n) is 2.61. The minimum absolute atomic E-state index is 0.0190. The maximum Gasteiger partial charge on any atom is 0.408 e. The van der Waals surface area contributed by atoms with Gasteiger partial charge in [0.15, 0.2) is 0 Å². The lowest BCUT2D eigenvalue weighted by molar-refractivity contribution is -0.131. The van der Waals surface area contributed by atoms with E-state index < -0.39 is 11.7 Å². The molecular weight excluding hydrogens is 336 g/mol. The molecule has 0 unspecified atom stereocenters. The van der Waals surface area contributed by atoms with Gasteiger partial charge >= 0.3 is 6.09 Å². The smallest absolute Gasteiger partial charge is 0.408 e. The van der Waals surface area contributed by atoms with E-state index in [9.17, 15) is 14.4 Å². The number of piperidine rings is 1. The quantitative estimate of drug-likeness (QED) is 0.841. The van der Waals surface area contributed by atoms with Crippen LogP contribution in [0.2, 0.25) is 0 Å². The van der Waals surface area contributed by atoms with Crippen molar-refractivity contribution >= 4 is 17.9 Å². The molecule has 2 heterocycles. The summed E-state index contributed by atoms with van der Waals surface area (Å²) in [5.41, 5.74) is -0.0784. The summed E-state index contributed by atoms with van der Waals surface area (Å²) in [4.78, 5) is 41.5. The summed E-state index contributed by atoms with van der Waals surface area (Å²) in [6.45, 7) is 6.26. The van der Waals surface area contributed by atoms with Gasteiger partial charge in [0.25, 0.3) is 5.91 Å². The number of nitrogens with zero attached hydrogens (tertiary/aromatic N) is 2. The first-order valence-electron chi connectivity index (χ1n) is 8.70. The Bertz CT molecular complexity index is 634. The second kappa shape index (κ2) is 8.64. The Balaban J connectivity index is 1.71. The molecule has 0 aliphatic carbocycles. The second-order valence-electron chi connectivity index (χ2n) is 7.23. The molecule has 0 radical (unpaired) electrons. The van der Waals surface area contributed by atoms with Gasteiger partial charge in [0.2, 0.25) is 5.91 Å². The lowest BCUT2D eigenvalue weighted by Gasteiger charge is -2.32. The largest absolute Gasteiger partial charge is 0.444 e. The summed E-state index contributed by atoms with van der Waals surface area (Å²) in [6, 6.07) is 3.45. The van der Waals surface area contributed by atoms with Gasteiger partial charge in [0, 0.05) is 31.5 Å². The van der Waals surface area contributed by atoms with Crippen LogP contribution in [0.25, 0.3) is 0 Å². The van der Waals surface area contributed by atoms with E-state index in [0.29, 0.717) is 31.5 Å². The highest BCUT2D eigenvalue weighted by Gasteiger charge is 2.25. The number of carbonyl (C=O) groups is 3. The van der Waals surface area contributed by atoms with Crippen molar-refractivity contribution in [2.24, 2.45) is 0 Å². The standard InChI is InChI=1S/C18H26N4O4/c1-18(2,3)26-17(25)20-12-15(23)22-9-6-14(7-10-22)21-16(24)13-5-4-8-19-11-13/h4-5,8,11,14H,6-7,9-10,12H2,1-3H3,(H,20,25)(H,21,24). The number of aromatic nitrogens is 1. The fourth-order valence-corrected chi connectivity index (χ4v) is 2.61. The number of hydrogen-bond acceptors (Lipinski definition) is 5. The van der Waals surface area contributed by atoms with Gasteiger partial charge in [-0.2, -0.15) is 0 Å². The van der Waals surface area contributed by atoms with E-state index in [1.165, 1.54) is 6.20 Å². The number of hydrogen-bond donors (Lipinski definition) is 2. The average molecular weight is 362 g/mol. The van der Waals surface area contributed by atoms with Crippen LogP contribution in [0.1, 0.15) is 44.0 Å². The van der Waals surface area contributed by atoms with Crippen molar-refractivity contribution in [1.29, 1.82) is 0 Å². The highest BCUT2D eigenvalue weighted by atomic mass is 16.6. The summed E-state index contributed by atoms with van der Waals surface area (Å²) >= 11 is 0. The molecule has 0 bridgehead atoms. The van der Waals surface area contributed by atoms with Crippen molar-refractivity contribution in [1.82, 2.24) is 20.5 Å². The zero-order chi connectivity index (χ0) is 19.2. The Hall–Kier alpha value is -2.64. The van der Waals surface area contributed by atoms with Crippen molar-refractivity contribution in [2.75, 3.05) is 19.6 Å². The van der Waals surface area contributed by atoms with E-state index >= 15 is 0 Å². The van der Waals surface area contributed by atoms with Crippen LogP contribution in [0.5, 0.6) is 0 Å². The molecule has 8 nitrogen and oxygen atoms in total. The van der Waals surface area contributed by atoms with Crippen LogP contribution in [-0.4, -0.2) is 59.1 Å². The minimum atomic E-state index is -0.607. The van der Waals surface area contributed by atoms with Crippen LogP contribution in [0.4, 0.5) is 4.79 Å². The van der Waals surface area contributed by atoms with Gasteiger partial charge in [0.1, 0.15) is 12.1 Å². The van der Waals surface area contributed by atoms with Gasteiger partial charge in [-0.3, -0.25) is 14.6 Å². The predicted molar refractivity (Wildman–Crippen MR) is 95.5 cm³/mol. The van der Waals surface area contributed by atoms with E-state index in [-0.39, 0.29) is 24.4 Å². The molecule has 0 aromatic carbocycles. The number of ether oxygens (including phenoxy) is 1. The summed E-state index contributed by atoms with van der Waals surface area (Å²) in [6.07, 6.45) is 3.88. The summed E-state index contributed by atoms with van der Waals surface area (Å²) in [5, 5.41) is 5.44. The van der Waals surface area contributed by atoms with Crippen LogP contribution >= 0.6 is 0 Å². The second-order valence-corrected chi connectivity index (χ2v) is 7.23. The number of pyridine rings is 1. The van der Waals surface area contributed by atoms with Crippen LogP contribution in [0.3, 0.4) is 0 Å². The van der Waals surface area contributed by atoms with Crippen LogP contribution in [0, 0.1) is 0 Å². The molecule has 26 heavy (non-hydrogen) atoms. The Labute approximate surface area is 153 Å². The van der Waals surface area contributed by atoms with Gasteiger partial charge < -0.3 is 20.3 Å². The van der Waals surface area contributed by atoms with Crippen molar-refractivity contribution in [3.8, 4) is 0 Å². The molecule has 0 spiro atoms. The first-order chi connectivity index (χ1) is 12.2. The third kappa shape index (κ3) is 6.34. The number of carbonyl (C=O) groups excluding carboxylic acids is 3. The van der Waals surface area contributed by atoms with Crippen molar-refractivity contribution in [3.63, 3.8) is 0 Å². The molecule has 0 atom stereocenters. The molecule has 3 amide bonds. The molecule has 1 fully saturated rings. The molecular formula is C18H26N4O4. The number of nitrogens with one attached hydrogen (secondary N) is 2. The Morgan fingerprint density at radius 3 is 2.54 bits per heavy atom. The molecule has 142 valence electrons. The molecule has 0 saturated carbocycles. The Morgan fingerprint density at radius 2 is 1.96 bits per heavy atom. The van der Waals surface area contributed by atoms with Gasteiger partial charge in [-0.15, -0.1) is 0 Å². The number of likely N-dealkylation sites (tertiary alicyclic amines) is 1. The summed E-state index contributed by atoms with van der Waals surface area (Å²) in [7, 11) is 0. The van der Waals surface area contributed by atoms with Gasteiger partial charge in [-0.05, 0) is 45.7 Å². The molecule has 2 rings (SSSR count). The third-order valence-corrected chi connectivity index (χ3v) is 3.89. The van der Waals surface area contributed by atoms with Gasteiger partial charge in [0.05, 0.1) is 5.56 Å². The van der Waals surface area contributed by atoms with Crippen molar-refractivity contribution in [3.05, 3.63) is 30.1 Å².